The highest BCUT2D eigenvalue weighted by atomic mass is 17.2. The molecule has 5 N–H and O–H groups in total. The number of aliphatic hydroxyl groups excluding tert-OH is 5. The monoisotopic (exact) mass is 458 g/mol. The van der Waals surface area contributed by atoms with Gasteiger partial charge in [0.15, 0.2) is 0 Å². The summed E-state index contributed by atoms with van der Waals surface area (Å²) in [5.74, 6) is -1.19. The van der Waals surface area contributed by atoms with Crippen LogP contribution in [0.3, 0.4) is 0 Å². The van der Waals surface area contributed by atoms with Gasteiger partial charge in [-0.1, -0.05) is 13.8 Å². The first kappa shape index (κ1) is 23.6. The molecule has 0 bridgehead atoms. The number of ether oxygens (including phenoxy) is 3. The van der Waals surface area contributed by atoms with Crippen LogP contribution in [0, 0.1) is 17.8 Å². The maximum absolute atomic E-state index is 12.5. The molecule has 3 aliphatic heterocycles. The predicted octanol–water partition coefficient (Wildman–Crippen LogP) is -1.13. The highest BCUT2D eigenvalue weighted by Gasteiger charge is 2.60. The van der Waals surface area contributed by atoms with Crippen LogP contribution in [0.2, 0.25) is 0 Å². The van der Waals surface area contributed by atoms with Crippen molar-refractivity contribution < 1.29 is 54.3 Å². The van der Waals surface area contributed by atoms with Crippen LogP contribution >= 0.6 is 0 Å². The number of hydrogen-bond acceptors (Lipinski definition) is 11. The molecule has 0 aromatic heterocycles. The van der Waals surface area contributed by atoms with E-state index in [9.17, 15) is 30.3 Å². The van der Waals surface area contributed by atoms with Crippen LogP contribution in [0.1, 0.15) is 26.7 Å². The van der Waals surface area contributed by atoms with Crippen LogP contribution in [0.15, 0.2) is 23.5 Å². The summed E-state index contributed by atoms with van der Waals surface area (Å²) in [6.07, 6.45) is -4.25. The Kier molecular flexibility index (Phi) is 6.63. The van der Waals surface area contributed by atoms with Gasteiger partial charge in [0.2, 0.25) is 12.6 Å². The van der Waals surface area contributed by atoms with Gasteiger partial charge in [0.25, 0.3) is 0 Å². The number of esters is 1. The molecule has 11 nitrogen and oxygen atoms in total. The van der Waals surface area contributed by atoms with Gasteiger partial charge in [-0.3, -0.25) is 0 Å². The third kappa shape index (κ3) is 3.86. The van der Waals surface area contributed by atoms with E-state index in [-0.39, 0.29) is 18.4 Å². The largest absolute Gasteiger partial charge is 0.469 e. The summed E-state index contributed by atoms with van der Waals surface area (Å²) in [5, 5.41) is 49.1. The van der Waals surface area contributed by atoms with Crippen molar-refractivity contribution >= 4 is 5.97 Å². The van der Waals surface area contributed by atoms with Crippen LogP contribution in [-0.4, -0.2) is 87.3 Å². The molecule has 9 atom stereocenters. The van der Waals surface area contributed by atoms with Gasteiger partial charge in [0, 0.05) is 5.57 Å². The van der Waals surface area contributed by atoms with Crippen molar-refractivity contribution in [3.8, 4) is 0 Å². The Hall–Kier alpha value is -1.57. The molecular formula is C21H30O11. The fourth-order valence-electron chi connectivity index (χ4n) is 5.00. The van der Waals surface area contributed by atoms with E-state index < -0.39 is 61.1 Å². The van der Waals surface area contributed by atoms with E-state index in [2.05, 4.69) is 0 Å². The fourth-order valence-corrected chi connectivity index (χ4v) is 5.00. The molecule has 1 spiro atoms. The zero-order valence-corrected chi connectivity index (χ0v) is 17.9. The Morgan fingerprint density at radius 3 is 2.47 bits per heavy atom. The number of carbonyl (C=O) groups excluding carboxylic acids is 1. The lowest BCUT2D eigenvalue weighted by atomic mass is 9.80. The zero-order valence-electron chi connectivity index (χ0n) is 17.9. The van der Waals surface area contributed by atoms with Crippen LogP contribution < -0.4 is 0 Å². The molecule has 180 valence electrons. The highest BCUT2D eigenvalue weighted by Crippen LogP contribution is 2.54. The molecule has 0 radical (unpaired) electrons. The molecule has 1 saturated carbocycles. The molecule has 0 amide bonds. The van der Waals surface area contributed by atoms with Crippen molar-refractivity contribution in [2.45, 2.75) is 69.3 Å². The molecule has 2 fully saturated rings. The zero-order chi connectivity index (χ0) is 23.2. The van der Waals surface area contributed by atoms with Gasteiger partial charge in [-0.15, -0.1) is 0 Å². The van der Waals surface area contributed by atoms with Crippen molar-refractivity contribution in [3.63, 3.8) is 0 Å². The second-order valence-electron chi connectivity index (χ2n) is 9.01. The Bertz CT molecular complexity index is 778. The van der Waals surface area contributed by atoms with Crippen molar-refractivity contribution in [1.29, 1.82) is 0 Å². The van der Waals surface area contributed by atoms with Gasteiger partial charge in [-0.2, -0.15) is 9.78 Å². The van der Waals surface area contributed by atoms with Gasteiger partial charge >= 0.3 is 5.97 Å². The Labute approximate surface area is 184 Å². The molecular weight excluding hydrogens is 428 g/mol. The second kappa shape index (κ2) is 8.99. The second-order valence-corrected chi connectivity index (χ2v) is 9.01. The van der Waals surface area contributed by atoms with Crippen molar-refractivity contribution in [1.82, 2.24) is 0 Å². The molecule has 1 aliphatic carbocycles. The standard InChI is InChI=1S/C21H30O11/c1-9(2)12-5-21(30-18(12)27)4-3-11-10(6-22)8-28-19(14(11)21)31-32-20-17(26)16(25)15(24)13(7-23)29-20/h5,8-9,11,13-17,19-20,22-26H,3-4,6-7H2,1-2H3. The first-order valence-corrected chi connectivity index (χ1v) is 10.8. The Balaban J connectivity index is 1.55. The van der Waals surface area contributed by atoms with Gasteiger partial charge in [0.05, 0.1) is 25.4 Å². The molecule has 1 saturated heterocycles. The first-order chi connectivity index (χ1) is 15.2. The summed E-state index contributed by atoms with van der Waals surface area (Å²) in [5.41, 5.74) is 0.195. The highest BCUT2D eigenvalue weighted by molar-refractivity contribution is 5.92. The summed E-state index contributed by atoms with van der Waals surface area (Å²) in [6, 6.07) is 0. The molecule has 9 unspecified atom stereocenters. The Morgan fingerprint density at radius 2 is 1.84 bits per heavy atom. The Morgan fingerprint density at radius 1 is 1.12 bits per heavy atom. The maximum atomic E-state index is 12.5. The topological polar surface area (TPSA) is 164 Å². The third-order valence-corrected chi connectivity index (χ3v) is 6.78. The van der Waals surface area contributed by atoms with Crippen molar-refractivity contribution in [2.24, 2.45) is 17.8 Å². The number of hydrogen-bond donors (Lipinski definition) is 5. The molecule has 4 aliphatic rings. The quantitative estimate of drug-likeness (QED) is 0.186. The minimum atomic E-state index is -1.65. The summed E-state index contributed by atoms with van der Waals surface area (Å²) in [4.78, 5) is 23.2. The average molecular weight is 458 g/mol. The van der Waals surface area contributed by atoms with Gasteiger partial charge < -0.3 is 39.7 Å². The van der Waals surface area contributed by atoms with E-state index >= 15 is 0 Å². The first-order valence-electron chi connectivity index (χ1n) is 10.8. The summed E-state index contributed by atoms with van der Waals surface area (Å²) in [6.45, 7) is 2.95. The molecule has 11 heteroatoms. The fraction of sp³-hybridized carbons (Fsp3) is 0.762. The summed E-state index contributed by atoms with van der Waals surface area (Å²) >= 11 is 0. The lowest BCUT2D eigenvalue weighted by Crippen LogP contribution is -2.59. The number of carbonyl (C=O) groups is 1. The van der Waals surface area contributed by atoms with E-state index in [0.717, 1.165) is 0 Å². The number of fused-ring (bicyclic) bond motifs is 2. The van der Waals surface area contributed by atoms with Crippen LogP contribution in [-0.2, 0) is 28.8 Å². The maximum Gasteiger partial charge on any atom is 0.334 e. The van der Waals surface area contributed by atoms with Crippen LogP contribution in [0.5, 0.6) is 0 Å². The molecule has 0 aromatic rings. The van der Waals surface area contributed by atoms with E-state index in [1.807, 2.05) is 13.8 Å². The predicted molar refractivity (Wildman–Crippen MR) is 104 cm³/mol. The molecule has 32 heavy (non-hydrogen) atoms. The summed E-state index contributed by atoms with van der Waals surface area (Å²) in [7, 11) is 0. The smallest absolute Gasteiger partial charge is 0.334 e. The van der Waals surface area contributed by atoms with Gasteiger partial charge in [-0.05, 0) is 36.3 Å². The normalized spacial score (nSPS) is 43.7. The van der Waals surface area contributed by atoms with E-state index in [1.165, 1.54) is 6.26 Å². The molecule has 0 aromatic carbocycles. The minimum Gasteiger partial charge on any atom is -0.469 e. The average Bonchev–Trinajstić information content (AvgIpc) is 3.32. The lowest BCUT2D eigenvalue weighted by molar-refractivity contribution is -0.471. The van der Waals surface area contributed by atoms with Crippen LogP contribution in [0.4, 0.5) is 0 Å². The number of rotatable bonds is 6. The summed E-state index contributed by atoms with van der Waals surface area (Å²) < 4.78 is 16.8. The van der Waals surface area contributed by atoms with Crippen LogP contribution in [0.25, 0.3) is 0 Å². The van der Waals surface area contributed by atoms with E-state index in [4.69, 9.17) is 24.0 Å². The molecule has 3 heterocycles. The SMILES string of the molecule is CC(C)C1=CC2(CCC3C(CO)=COC(OOC4OC(CO)C(O)C(O)C4O)C32)OC1=O. The van der Waals surface area contributed by atoms with Crippen molar-refractivity contribution in [3.05, 3.63) is 23.5 Å². The van der Waals surface area contributed by atoms with E-state index in [1.54, 1.807) is 6.08 Å². The van der Waals surface area contributed by atoms with Gasteiger partial charge in [-0.25, -0.2) is 4.79 Å². The number of aliphatic hydroxyl groups is 5. The molecule has 4 rings (SSSR count). The third-order valence-electron chi connectivity index (χ3n) is 6.78. The van der Waals surface area contributed by atoms with Gasteiger partial charge in [0.1, 0.15) is 30.0 Å². The lowest BCUT2D eigenvalue weighted by Gasteiger charge is -2.41. The minimum absolute atomic E-state index is 0.0389. The van der Waals surface area contributed by atoms with Crippen molar-refractivity contribution in [2.75, 3.05) is 13.2 Å². The van der Waals surface area contributed by atoms with E-state index in [0.29, 0.717) is 24.0 Å².